The molecule has 0 amide bonds. The number of piperazine rings is 2. The molecule has 2 heterocycles. The normalized spacial score (nSPS) is 25.9. The van der Waals surface area contributed by atoms with Gasteiger partial charge in [0.1, 0.15) is 0 Å². The highest BCUT2D eigenvalue weighted by Gasteiger charge is 2.19. The van der Waals surface area contributed by atoms with Crippen LogP contribution in [0.25, 0.3) is 0 Å². The second-order valence-corrected chi connectivity index (χ2v) is 6.63. The monoisotopic (exact) mass is 283 g/mol. The largest absolute Gasteiger partial charge is 0.330 e. The first-order valence-electron chi connectivity index (χ1n) is 8.23. The average Bonchev–Trinajstić information content (AvgIpc) is 2.48. The van der Waals surface area contributed by atoms with E-state index < -0.39 is 0 Å². The molecule has 2 fully saturated rings. The van der Waals surface area contributed by atoms with Crippen molar-refractivity contribution in [3.63, 3.8) is 0 Å². The molecule has 0 radical (unpaired) electrons. The summed E-state index contributed by atoms with van der Waals surface area (Å²) in [5.41, 5.74) is 5.71. The topological polar surface area (TPSA) is 39.0 Å². The molecule has 0 spiro atoms. The molecule has 0 aromatic rings. The van der Waals surface area contributed by atoms with Crippen molar-refractivity contribution in [2.75, 3.05) is 85.6 Å². The average molecular weight is 283 g/mol. The lowest BCUT2D eigenvalue weighted by atomic mass is 10.1. The van der Waals surface area contributed by atoms with Crippen LogP contribution in [0.5, 0.6) is 0 Å². The number of hydrogen-bond donors (Lipinski definition) is 1. The first-order chi connectivity index (χ1) is 9.67. The second kappa shape index (κ2) is 8.29. The number of rotatable bonds is 6. The minimum Gasteiger partial charge on any atom is -0.330 e. The highest BCUT2D eigenvalue weighted by molar-refractivity contribution is 4.76. The van der Waals surface area contributed by atoms with E-state index in [1.807, 2.05) is 0 Å². The van der Waals surface area contributed by atoms with Crippen molar-refractivity contribution in [1.82, 2.24) is 19.6 Å². The lowest BCUT2D eigenvalue weighted by Gasteiger charge is -2.38. The molecule has 1 atom stereocenters. The number of nitrogens with zero attached hydrogens (tertiary/aromatic N) is 4. The summed E-state index contributed by atoms with van der Waals surface area (Å²) in [4.78, 5) is 10.2. The lowest BCUT2D eigenvalue weighted by molar-refractivity contribution is 0.0958. The highest BCUT2D eigenvalue weighted by atomic mass is 15.3. The molecule has 0 aliphatic carbocycles. The van der Waals surface area contributed by atoms with Crippen LogP contribution in [0.2, 0.25) is 0 Å². The first-order valence-corrected chi connectivity index (χ1v) is 8.23. The van der Waals surface area contributed by atoms with Crippen molar-refractivity contribution >= 4 is 0 Å². The quantitative estimate of drug-likeness (QED) is 0.708. The van der Waals surface area contributed by atoms with Crippen molar-refractivity contribution in [1.29, 1.82) is 0 Å². The fourth-order valence-electron chi connectivity index (χ4n) is 3.07. The molecule has 0 aromatic heterocycles. The van der Waals surface area contributed by atoms with Gasteiger partial charge in [0.25, 0.3) is 0 Å². The Morgan fingerprint density at radius 3 is 1.75 bits per heavy atom. The Hall–Kier alpha value is -0.200. The van der Waals surface area contributed by atoms with Gasteiger partial charge in [0.2, 0.25) is 0 Å². The van der Waals surface area contributed by atoms with Crippen molar-refractivity contribution in [2.45, 2.75) is 6.92 Å². The summed E-state index contributed by atoms with van der Waals surface area (Å²) in [6, 6.07) is 0. The standard InChI is InChI=1S/C15H33N5/c1-15(13-16)14-20-11-9-19(10-12-20)8-7-18-5-3-17(2)4-6-18/h15H,3-14,16H2,1-2H3. The van der Waals surface area contributed by atoms with Crippen LogP contribution in [0.15, 0.2) is 0 Å². The molecule has 2 saturated heterocycles. The maximum Gasteiger partial charge on any atom is 0.0110 e. The van der Waals surface area contributed by atoms with E-state index in [1.165, 1.54) is 72.0 Å². The van der Waals surface area contributed by atoms with E-state index >= 15 is 0 Å². The second-order valence-electron chi connectivity index (χ2n) is 6.63. The van der Waals surface area contributed by atoms with E-state index in [9.17, 15) is 0 Å². The molecule has 5 nitrogen and oxygen atoms in total. The van der Waals surface area contributed by atoms with Gasteiger partial charge in [0.15, 0.2) is 0 Å². The Labute approximate surface area is 124 Å². The zero-order valence-corrected chi connectivity index (χ0v) is 13.4. The van der Waals surface area contributed by atoms with Crippen LogP contribution >= 0.6 is 0 Å². The van der Waals surface area contributed by atoms with Gasteiger partial charge in [0, 0.05) is 72.0 Å². The first kappa shape index (κ1) is 16.2. The maximum atomic E-state index is 5.71. The molecule has 0 aromatic carbocycles. The van der Waals surface area contributed by atoms with Gasteiger partial charge in [-0.3, -0.25) is 9.80 Å². The van der Waals surface area contributed by atoms with Crippen LogP contribution in [0.3, 0.4) is 0 Å². The summed E-state index contributed by atoms with van der Waals surface area (Å²) in [6.45, 7) is 16.5. The third-order valence-electron chi connectivity index (χ3n) is 4.77. The predicted octanol–water partition coefficient (Wildman–Crippen LogP) is -0.554. The summed E-state index contributed by atoms with van der Waals surface area (Å²) in [5, 5.41) is 0. The Bertz CT molecular complexity index is 257. The molecule has 0 bridgehead atoms. The summed E-state index contributed by atoms with van der Waals surface area (Å²) in [5.74, 6) is 0.631. The minimum absolute atomic E-state index is 0.631. The predicted molar refractivity (Wildman–Crippen MR) is 85.0 cm³/mol. The van der Waals surface area contributed by atoms with Crippen LogP contribution in [0.1, 0.15) is 6.92 Å². The molecule has 118 valence electrons. The van der Waals surface area contributed by atoms with Crippen molar-refractivity contribution in [3.05, 3.63) is 0 Å². The van der Waals surface area contributed by atoms with Gasteiger partial charge in [-0.1, -0.05) is 6.92 Å². The zero-order chi connectivity index (χ0) is 14.4. The fourth-order valence-corrected chi connectivity index (χ4v) is 3.07. The Morgan fingerprint density at radius 1 is 0.800 bits per heavy atom. The third kappa shape index (κ3) is 5.30. The van der Waals surface area contributed by atoms with Crippen LogP contribution in [0.4, 0.5) is 0 Å². The molecule has 2 aliphatic rings. The van der Waals surface area contributed by atoms with Crippen molar-refractivity contribution in [2.24, 2.45) is 11.7 Å². The van der Waals surface area contributed by atoms with Gasteiger partial charge in [-0.05, 0) is 19.5 Å². The molecule has 2 aliphatic heterocycles. The van der Waals surface area contributed by atoms with E-state index in [4.69, 9.17) is 5.73 Å². The maximum absolute atomic E-state index is 5.71. The third-order valence-corrected chi connectivity index (χ3v) is 4.77. The SMILES string of the molecule is CC(CN)CN1CCN(CCN2CCN(C)CC2)CC1. The molecule has 5 heteroatoms. The summed E-state index contributed by atoms with van der Waals surface area (Å²) in [6.07, 6.45) is 0. The van der Waals surface area contributed by atoms with E-state index in [0.717, 1.165) is 6.54 Å². The van der Waals surface area contributed by atoms with E-state index in [-0.39, 0.29) is 0 Å². The summed E-state index contributed by atoms with van der Waals surface area (Å²) in [7, 11) is 2.22. The number of likely N-dealkylation sites (N-methyl/N-ethyl adjacent to an activating group) is 1. The minimum atomic E-state index is 0.631. The van der Waals surface area contributed by atoms with Gasteiger partial charge in [-0.25, -0.2) is 0 Å². The highest BCUT2D eigenvalue weighted by Crippen LogP contribution is 2.06. The van der Waals surface area contributed by atoms with Gasteiger partial charge in [-0.15, -0.1) is 0 Å². The lowest BCUT2D eigenvalue weighted by Crippen LogP contribution is -2.51. The molecular weight excluding hydrogens is 250 g/mol. The van der Waals surface area contributed by atoms with Crippen LogP contribution in [-0.4, -0.2) is 105 Å². The van der Waals surface area contributed by atoms with Crippen LogP contribution in [0, 0.1) is 5.92 Å². The molecule has 0 saturated carbocycles. The number of hydrogen-bond acceptors (Lipinski definition) is 5. The Morgan fingerprint density at radius 2 is 1.25 bits per heavy atom. The van der Waals surface area contributed by atoms with Crippen LogP contribution in [-0.2, 0) is 0 Å². The van der Waals surface area contributed by atoms with Gasteiger partial charge >= 0.3 is 0 Å². The molecule has 2 rings (SSSR count). The molecule has 2 N–H and O–H groups in total. The van der Waals surface area contributed by atoms with Crippen molar-refractivity contribution < 1.29 is 0 Å². The Kier molecular flexibility index (Phi) is 6.71. The van der Waals surface area contributed by atoms with Gasteiger partial charge in [0.05, 0.1) is 0 Å². The smallest absolute Gasteiger partial charge is 0.0110 e. The molecular formula is C15H33N5. The van der Waals surface area contributed by atoms with Crippen molar-refractivity contribution in [3.8, 4) is 0 Å². The fraction of sp³-hybridized carbons (Fsp3) is 1.00. The van der Waals surface area contributed by atoms with Gasteiger partial charge in [-0.2, -0.15) is 0 Å². The number of nitrogens with two attached hydrogens (primary N) is 1. The zero-order valence-electron chi connectivity index (χ0n) is 13.4. The Balaban J connectivity index is 1.57. The van der Waals surface area contributed by atoms with E-state index in [2.05, 4.69) is 33.6 Å². The molecule has 1 unspecified atom stereocenters. The van der Waals surface area contributed by atoms with E-state index in [0.29, 0.717) is 5.92 Å². The van der Waals surface area contributed by atoms with Gasteiger partial charge < -0.3 is 15.5 Å². The summed E-state index contributed by atoms with van der Waals surface area (Å²) < 4.78 is 0. The van der Waals surface area contributed by atoms with E-state index in [1.54, 1.807) is 0 Å². The molecule has 20 heavy (non-hydrogen) atoms. The van der Waals surface area contributed by atoms with Crippen LogP contribution < -0.4 is 5.73 Å². The summed E-state index contributed by atoms with van der Waals surface area (Å²) >= 11 is 0.